The van der Waals surface area contributed by atoms with E-state index in [0.717, 1.165) is 44.1 Å². The summed E-state index contributed by atoms with van der Waals surface area (Å²) in [5, 5.41) is 3.44. The van der Waals surface area contributed by atoms with E-state index in [-0.39, 0.29) is 24.8 Å². The van der Waals surface area contributed by atoms with E-state index in [9.17, 15) is 0 Å². The number of nitrogens with one attached hydrogen (secondary N) is 1. The highest BCUT2D eigenvalue weighted by Crippen LogP contribution is 2.41. The normalized spacial score (nSPS) is 15.6. The standard InChI is InChI=1S/C19H32N2O3.2ClH/c1-14(2)6-7-16(21-10-8-20-9-11-21)15-12-18(23-4)19(24-5)13-17(15)22-3;;/h12-14,16,20H,6-11H2,1-5H3;2*1H/t16-;;/m1../s1. The Hall–Kier alpha value is -0.880. The van der Waals surface area contributed by atoms with Crippen molar-refractivity contribution >= 4 is 24.8 Å². The predicted octanol–water partition coefficient (Wildman–Crippen LogP) is 3.94. The molecule has 1 saturated heterocycles. The van der Waals surface area contributed by atoms with Crippen LogP contribution in [0.2, 0.25) is 0 Å². The molecule has 7 heteroatoms. The second-order valence-electron chi connectivity index (χ2n) is 6.72. The highest BCUT2D eigenvalue weighted by molar-refractivity contribution is 5.85. The number of benzene rings is 1. The predicted molar refractivity (Wildman–Crippen MR) is 112 cm³/mol. The number of rotatable bonds is 8. The van der Waals surface area contributed by atoms with E-state index in [1.54, 1.807) is 21.3 Å². The van der Waals surface area contributed by atoms with Crippen LogP contribution in [0.1, 0.15) is 38.3 Å². The van der Waals surface area contributed by atoms with Crippen molar-refractivity contribution in [3.8, 4) is 17.2 Å². The Kier molecular flexibility index (Phi) is 12.1. The van der Waals surface area contributed by atoms with Gasteiger partial charge in [-0.3, -0.25) is 4.90 Å². The number of piperazine rings is 1. The van der Waals surface area contributed by atoms with Gasteiger partial charge in [-0.05, 0) is 24.8 Å². The van der Waals surface area contributed by atoms with Gasteiger partial charge in [-0.2, -0.15) is 0 Å². The molecule has 0 radical (unpaired) electrons. The van der Waals surface area contributed by atoms with Crippen molar-refractivity contribution in [2.24, 2.45) is 5.92 Å². The van der Waals surface area contributed by atoms with Gasteiger partial charge in [0.25, 0.3) is 0 Å². The SMILES string of the molecule is COc1cc(OC)c([C@@H](CCC(C)C)N2CCNCC2)cc1OC.Cl.Cl. The van der Waals surface area contributed by atoms with Gasteiger partial charge in [0.15, 0.2) is 11.5 Å². The fourth-order valence-corrected chi connectivity index (χ4v) is 3.33. The van der Waals surface area contributed by atoms with Gasteiger partial charge in [0, 0.05) is 43.9 Å². The van der Waals surface area contributed by atoms with Crippen LogP contribution in [0, 0.1) is 5.92 Å². The van der Waals surface area contributed by atoms with Gasteiger partial charge in [0.1, 0.15) is 5.75 Å². The molecule has 0 spiro atoms. The van der Waals surface area contributed by atoms with Crippen LogP contribution >= 0.6 is 24.8 Å². The molecular weight excluding hydrogens is 375 g/mol. The third-order valence-electron chi connectivity index (χ3n) is 4.70. The van der Waals surface area contributed by atoms with E-state index in [4.69, 9.17) is 14.2 Å². The smallest absolute Gasteiger partial charge is 0.164 e. The zero-order valence-electron chi connectivity index (χ0n) is 16.5. The lowest BCUT2D eigenvalue weighted by molar-refractivity contribution is 0.156. The Morgan fingerprint density at radius 2 is 1.42 bits per heavy atom. The first-order valence-electron chi connectivity index (χ1n) is 8.85. The van der Waals surface area contributed by atoms with Crippen LogP contribution in [0.25, 0.3) is 0 Å². The summed E-state index contributed by atoms with van der Waals surface area (Å²) in [5.41, 5.74) is 1.19. The van der Waals surface area contributed by atoms with E-state index in [1.165, 1.54) is 12.0 Å². The molecule has 152 valence electrons. The first-order valence-corrected chi connectivity index (χ1v) is 8.85. The Morgan fingerprint density at radius 3 is 1.92 bits per heavy atom. The number of hydrogen-bond donors (Lipinski definition) is 1. The topological polar surface area (TPSA) is 43.0 Å². The molecular formula is C19H34Cl2N2O3. The van der Waals surface area contributed by atoms with Crippen molar-refractivity contribution in [3.63, 3.8) is 0 Å². The van der Waals surface area contributed by atoms with E-state index in [2.05, 4.69) is 30.1 Å². The molecule has 1 fully saturated rings. The maximum atomic E-state index is 5.69. The van der Waals surface area contributed by atoms with Crippen LogP contribution < -0.4 is 19.5 Å². The van der Waals surface area contributed by atoms with Crippen molar-refractivity contribution in [3.05, 3.63) is 17.7 Å². The van der Waals surface area contributed by atoms with Gasteiger partial charge in [-0.1, -0.05) is 13.8 Å². The maximum absolute atomic E-state index is 5.69. The molecule has 0 bridgehead atoms. The zero-order chi connectivity index (χ0) is 17.5. The van der Waals surface area contributed by atoms with Gasteiger partial charge in [0.2, 0.25) is 0 Å². The van der Waals surface area contributed by atoms with Gasteiger partial charge >= 0.3 is 0 Å². The summed E-state index contributed by atoms with van der Waals surface area (Å²) in [5.74, 6) is 3.03. The molecule has 1 aromatic carbocycles. The fourth-order valence-electron chi connectivity index (χ4n) is 3.33. The number of methoxy groups -OCH3 is 3. The fraction of sp³-hybridized carbons (Fsp3) is 0.684. The Balaban J connectivity index is 0.00000312. The molecule has 0 aromatic heterocycles. The summed E-state index contributed by atoms with van der Waals surface area (Å²) >= 11 is 0. The van der Waals surface area contributed by atoms with Crippen LogP contribution in [-0.4, -0.2) is 52.4 Å². The summed E-state index contributed by atoms with van der Waals surface area (Å²) in [6, 6.07) is 4.37. The highest BCUT2D eigenvalue weighted by Gasteiger charge is 2.26. The number of hydrogen-bond acceptors (Lipinski definition) is 5. The molecule has 1 aliphatic heterocycles. The monoisotopic (exact) mass is 408 g/mol. The second kappa shape index (κ2) is 12.5. The molecule has 1 atom stereocenters. The van der Waals surface area contributed by atoms with Crippen molar-refractivity contribution in [1.29, 1.82) is 0 Å². The summed E-state index contributed by atoms with van der Waals surface area (Å²) < 4.78 is 16.6. The maximum Gasteiger partial charge on any atom is 0.164 e. The molecule has 0 saturated carbocycles. The molecule has 26 heavy (non-hydrogen) atoms. The Bertz CT molecular complexity index is 524. The second-order valence-corrected chi connectivity index (χ2v) is 6.72. The molecule has 5 nitrogen and oxygen atoms in total. The Morgan fingerprint density at radius 1 is 0.885 bits per heavy atom. The lowest BCUT2D eigenvalue weighted by Crippen LogP contribution is -2.45. The molecule has 0 unspecified atom stereocenters. The van der Waals surface area contributed by atoms with E-state index in [1.807, 2.05) is 6.07 Å². The quantitative estimate of drug-likeness (QED) is 0.705. The largest absolute Gasteiger partial charge is 0.496 e. The molecule has 0 aliphatic carbocycles. The third kappa shape index (κ3) is 6.38. The van der Waals surface area contributed by atoms with Crippen LogP contribution in [0.15, 0.2) is 12.1 Å². The molecule has 1 aromatic rings. The number of ether oxygens (including phenoxy) is 3. The minimum Gasteiger partial charge on any atom is -0.496 e. The van der Waals surface area contributed by atoms with E-state index >= 15 is 0 Å². The number of halogens is 2. The van der Waals surface area contributed by atoms with Crippen LogP contribution in [0.3, 0.4) is 0 Å². The van der Waals surface area contributed by atoms with Crippen molar-refractivity contribution in [2.45, 2.75) is 32.7 Å². The first-order chi connectivity index (χ1) is 11.6. The average Bonchev–Trinajstić information content (AvgIpc) is 2.61. The van der Waals surface area contributed by atoms with E-state index in [0.29, 0.717) is 17.7 Å². The Labute approximate surface area is 170 Å². The van der Waals surface area contributed by atoms with Crippen LogP contribution in [-0.2, 0) is 0 Å². The van der Waals surface area contributed by atoms with Gasteiger partial charge in [0.05, 0.1) is 21.3 Å². The summed E-state index contributed by atoms with van der Waals surface area (Å²) in [7, 11) is 5.06. The summed E-state index contributed by atoms with van der Waals surface area (Å²) in [6.07, 6.45) is 2.30. The van der Waals surface area contributed by atoms with Gasteiger partial charge in [-0.15, -0.1) is 24.8 Å². The van der Waals surface area contributed by atoms with Crippen molar-refractivity contribution < 1.29 is 14.2 Å². The van der Waals surface area contributed by atoms with Crippen LogP contribution in [0.4, 0.5) is 0 Å². The van der Waals surface area contributed by atoms with Gasteiger partial charge in [-0.25, -0.2) is 0 Å². The average molecular weight is 409 g/mol. The third-order valence-corrected chi connectivity index (χ3v) is 4.70. The molecule has 1 heterocycles. The van der Waals surface area contributed by atoms with E-state index < -0.39 is 0 Å². The molecule has 1 N–H and O–H groups in total. The minimum absolute atomic E-state index is 0. The highest BCUT2D eigenvalue weighted by atomic mass is 35.5. The molecule has 0 amide bonds. The lowest BCUT2D eigenvalue weighted by atomic mass is 9.94. The van der Waals surface area contributed by atoms with Crippen molar-refractivity contribution in [2.75, 3.05) is 47.5 Å². The lowest BCUT2D eigenvalue weighted by Gasteiger charge is -2.36. The summed E-state index contributed by atoms with van der Waals surface area (Å²) in [4.78, 5) is 2.56. The first kappa shape index (κ1) is 25.1. The zero-order valence-corrected chi connectivity index (χ0v) is 18.2. The number of nitrogens with zero attached hydrogens (tertiary/aromatic N) is 1. The van der Waals surface area contributed by atoms with Crippen LogP contribution in [0.5, 0.6) is 17.2 Å². The molecule has 1 aliphatic rings. The minimum atomic E-state index is 0. The van der Waals surface area contributed by atoms with Crippen molar-refractivity contribution in [1.82, 2.24) is 10.2 Å². The molecule has 2 rings (SSSR count). The van der Waals surface area contributed by atoms with Gasteiger partial charge < -0.3 is 19.5 Å². The summed E-state index contributed by atoms with van der Waals surface area (Å²) in [6.45, 7) is 8.74.